The fourth-order valence-electron chi connectivity index (χ4n) is 7.17. The van der Waals surface area contributed by atoms with E-state index in [9.17, 15) is 19.0 Å². The Labute approximate surface area is 394 Å². The Kier molecular flexibility index (Phi) is 42.9. The number of rotatable bonds is 46. The number of carbonyl (C=O) groups excluding carboxylic acids is 2. The van der Waals surface area contributed by atoms with E-state index in [-0.39, 0.29) is 31.5 Å². The molecule has 1 amide bonds. The summed E-state index contributed by atoms with van der Waals surface area (Å²) in [5.74, 6) is -0.551. The maximum absolute atomic E-state index is 13.4. The molecule has 0 bridgehead atoms. The molecule has 0 saturated heterocycles. The second kappa shape index (κ2) is 44.5. The van der Waals surface area contributed by atoms with Crippen LogP contribution in [0.3, 0.4) is 0 Å². The number of phosphoric ester groups is 1. The van der Waals surface area contributed by atoms with E-state index in [1.165, 1.54) is 89.9 Å². The number of phosphoric acid groups is 1. The van der Waals surface area contributed by atoms with Crippen LogP contribution in [0.2, 0.25) is 0 Å². The van der Waals surface area contributed by atoms with Crippen LogP contribution < -0.4 is 5.32 Å². The first kappa shape index (κ1) is 61.7. The number of unbranched alkanes of at least 4 members (excludes halogenated alkanes) is 24. The Morgan fingerprint density at radius 1 is 0.562 bits per heavy atom. The third-order valence-corrected chi connectivity index (χ3v) is 12.2. The summed E-state index contributed by atoms with van der Waals surface area (Å²) in [6.45, 7) is 6.82. The number of likely N-dealkylation sites (N-methyl/N-ethyl adjacent to an activating group) is 1. The Morgan fingerprint density at radius 3 is 1.55 bits per heavy atom. The van der Waals surface area contributed by atoms with Crippen LogP contribution in [0, 0.1) is 0 Å². The number of quaternary nitrogens is 1. The highest BCUT2D eigenvalue weighted by Gasteiger charge is 2.30. The predicted octanol–water partition coefficient (Wildman–Crippen LogP) is 15.2. The zero-order valence-electron chi connectivity index (χ0n) is 42.3. The molecule has 0 aliphatic carbocycles. The molecule has 372 valence electrons. The first-order valence-electron chi connectivity index (χ1n) is 26.1. The quantitative estimate of drug-likeness (QED) is 0.0156. The van der Waals surface area contributed by atoms with Gasteiger partial charge < -0.3 is 19.4 Å². The number of esters is 1. The average Bonchev–Trinajstić information content (AvgIpc) is 3.25. The SMILES string of the molecule is CC/C=C/C=C/C=C\CCCCCCCC(=O)OC(/C=C/CCCCCCCCCCCC)C(COP(=O)(O)OCC[N+](C)(C)C)NC(=O)CCCCC/C=C\CCCCCCCC. The molecule has 0 aromatic carbocycles. The standard InChI is InChI=1S/C54H99N2O7P/c1-7-10-13-16-19-22-25-28-31-34-37-40-43-46-53(57)55-51(50-62-64(59,60)61-49-48-56(4,5)6)52(45-42-39-36-33-30-27-24-21-18-15-12-9-3)63-54(58)47-44-41-38-35-32-29-26-23-20-17-14-11-8-2/h11,14,17,20,23,26,28,31,42,45,51-52H,7-10,12-13,15-16,18-19,21-22,24-25,27,29-30,32-41,43-44,46-50H2,1-6H3,(H-,55,57,59,60)/p+1/b14-11+,20-17+,26-23-,31-28-,45-42+. The second-order valence-corrected chi connectivity index (χ2v) is 20.2. The van der Waals surface area contributed by atoms with Crippen LogP contribution in [0.4, 0.5) is 0 Å². The first-order valence-corrected chi connectivity index (χ1v) is 27.6. The number of ether oxygens (including phenoxy) is 1. The van der Waals surface area contributed by atoms with Crippen LogP contribution in [0.15, 0.2) is 60.8 Å². The average molecular weight is 920 g/mol. The lowest BCUT2D eigenvalue weighted by atomic mass is 10.0. The third-order valence-electron chi connectivity index (χ3n) is 11.3. The van der Waals surface area contributed by atoms with Crippen molar-refractivity contribution in [1.82, 2.24) is 5.32 Å². The number of hydrogen-bond donors (Lipinski definition) is 2. The maximum Gasteiger partial charge on any atom is 0.472 e. The van der Waals surface area contributed by atoms with Crippen molar-refractivity contribution in [2.45, 2.75) is 232 Å². The largest absolute Gasteiger partial charge is 0.472 e. The minimum Gasteiger partial charge on any atom is -0.456 e. The van der Waals surface area contributed by atoms with Crippen molar-refractivity contribution in [3.8, 4) is 0 Å². The molecule has 0 aromatic heterocycles. The molecule has 64 heavy (non-hydrogen) atoms. The molecule has 0 rings (SSSR count). The van der Waals surface area contributed by atoms with Gasteiger partial charge in [0, 0.05) is 12.8 Å². The number of allylic oxidation sites excluding steroid dienone is 9. The van der Waals surface area contributed by atoms with Gasteiger partial charge >= 0.3 is 13.8 Å². The van der Waals surface area contributed by atoms with Gasteiger partial charge in [-0.1, -0.05) is 191 Å². The zero-order chi connectivity index (χ0) is 47.3. The van der Waals surface area contributed by atoms with Gasteiger partial charge in [0.05, 0.1) is 33.8 Å². The molecule has 0 saturated carbocycles. The van der Waals surface area contributed by atoms with Crippen molar-refractivity contribution in [1.29, 1.82) is 0 Å². The molecule has 0 heterocycles. The third kappa shape index (κ3) is 44.9. The molecule has 2 N–H and O–H groups in total. The van der Waals surface area contributed by atoms with Crippen LogP contribution in [-0.2, 0) is 27.9 Å². The molecule has 0 aromatic rings. The first-order chi connectivity index (χ1) is 30.9. The van der Waals surface area contributed by atoms with Crippen LogP contribution in [0.1, 0.15) is 220 Å². The molecule has 3 unspecified atom stereocenters. The number of carbonyl (C=O) groups is 2. The lowest BCUT2D eigenvalue weighted by Crippen LogP contribution is -2.47. The predicted molar refractivity (Wildman–Crippen MR) is 272 cm³/mol. The van der Waals surface area contributed by atoms with Gasteiger partial charge in [0.15, 0.2) is 0 Å². The van der Waals surface area contributed by atoms with E-state index in [4.69, 9.17) is 13.8 Å². The molecule has 0 fully saturated rings. The lowest BCUT2D eigenvalue weighted by Gasteiger charge is -2.27. The van der Waals surface area contributed by atoms with E-state index in [2.05, 4.69) is 74.7 Å². The fourth-order valence-corrected chi connectivity index (χ4v) is 7.90. The Bertz CT molecular complexity index is 1290. The van der Waals surface area contributed by atoms with Gasteiger partial charge in [-0.3, -0.25) is 18.6 Å². The fraction of sp³-hybridized carbons (Fsp3) is 0.778. The van der Waals surface area contributed by atoms with Crippen molar-refractivity contribution in [2.75, 3.05) is 40.9 Å². The van der Waals surface area contributed by atoms with Gasteiger partial charge in [-0.25, -0.2) is 4.57 Å². The van der Waals surface area contributed by atoms with Crippen molar-refractivity contribution in [3.05, 3.63) is 60.8 Å². The summed E-state index contributed by atoms with van der Waals surface area (Å²) in [7, 11) is 1.47. The summed E-state index contributed by atoms with van der Waals surface area (Å²) in [5, 5.41) is 3.02. The minimum atomic E-state index is -4.45. The summed E-state index contributed by atoms with van der Waals surface area (Å²) in [4.78, 5) is 37.4. The van der Waals surface area contributed by atoms with E-state index in [1.54, 1.807) is 0 Å². The molecule has 3 atom stereocenters. The molecule has 0 radical (unpaired) electrons. The van der Waals surface area contributed by atoms with Gasteiger partial charge in [-0.2, -0.15) is 0 Å². The topological polar surface area (TPSA) is 111 Å². The van der Waals surface area contributed by atoms with Crippen LogP contribution >= 0.6 is 7.82 Å². The zero-order valence-corrected chi connectivity index (χ0v) is 43.2. The summed E-state index contributed by atoms with van der Waals surface area (Å²) in [6.07, 6.45) is 53.6. The van der Waals surface area contributed by atoms with Gasteiger partial charge in [0.25, 0.3) is 0 Å². The Hall–Kier alpha value is -2.29. The lowest BCUT2D eigenvalue weighted by molar-refractivity contribution is -0.870. The van der Waals surface area contributed by atoms with E-state index >= 15 is 0 Å². The monoisotopic (exact) mass is 920 g/mol. The summed E-state index contributed by atoms with van der Waals surface area (Å²) < 4.78 is 30.5. The van der Waals surface area contributed by atoms with Gasteiger partial charge in [0.1, 0.15) is 19.3 Å². The van der Waals surface area contributed by atoms with Crippen molar-refractivity contribution < 1.29 is 37.3 Å². The van der Waals surface area contributed by atoms with E-state index in [0.717, 1.165) is 89.9 Å². The molecular weight excluding hydrogens is 820 g/mol. The summed E-state index contributed by atoms with van der Waals surface area (Å²) in [6, 6.07) is -0.863. The highest BCUT2D eigenvalue weighted by molar-refractivity contribution is 7.47. The Balaban J connectivity index is 5.50. The van der Waals surface area contributed by atoms with Crippen LogP contribution in [0.25, 0.3) is 0 Å². The number of nitrogens with zero attached hydrogens (tertiary/aromatic N) is 1. The van der Waals surface area contributed by atoms with Crippen LogP contribution in [-0.4, -0.2) is 74.3 Å². The van der Waals surface area contributed by atoms with E-state index in [1.807, 2.05) is 33.3 Å². The normalized spacial score (nSPS) is 14.4. The molecule has 10 heteroatoms. The van der Waals surface area contributed by atoms with Crippen molar-refractivity contribution in [2.24, 2.45) is 0 Å². The highest BCUT2D eigenvalue weighted by Crippen LogP contribution is 2.43. The maximum atomic E-state index is 13.4. The van der Waals surface area contributed by atoms with Gasteiger partial charge in [-0.05, 0) is 76.7 Å². The van der Waals surface area contributed by atoms with E-state index in [0.29, 0.717) is 23.9 Å². The smallest absolute Gasteiger partial charge is 0.456 e. The number of nitrogens with one attached hydrogen (secondary N) is 1. The Morgan fingerprint density at radius 2 is 1.02 bits per heavy atom. The molecular formula is C54H100N2O7P+. The highest BCUT2D eigenvalue weighted by atomic mass is 31.2. The van der Waals surface area contributed by atoms with Gasteiger partial charge in [-0.15, -0.1) is 0 Å². The van der Waals surface area contributed by atoms with Crippen molar-refractivity contribution >= 4 is 19.7 Å². The molecule has 0 aliphatic rings. The number of hydrogen-bond acceptors (Lipinski definition) is 6. The van der Waals surface area contributed by atoms with Crippen LogP contribution in [0.5, 0.6) is 0 Å². The summed E-state index contributed by atoms with van der Waals surface area (Å²) in [5.41, 5.74) is 0. The van der Waals surface area contributed by atoms with Gasteiger partial charge in [0.2, 0.25) is 5.91 Å². The van der Waals surface area contributed by atoms with Crippen molar-refractivity contribution in [3.63, 3.8) is 0 Å². The second-order valence-electron chi connectivity index (χ2n) is 18.7. The molecule has 0 spiro atoms. The van der Waals surface area contributed by atoms with E-state index < -0.39 is 20.0 Å². The summed E-state index contributed by atoms with van der Waals surface area (Å²) >= 11 is 0. The molecule has 9 nitrogen and oxygen atoms in total. The molecule has 0 aliphatic heterocycles. The number of amides is 1. The minimum absolute atomic E-state index is 0.0324.